The third kappa shape index (κ3) is 3.50. The number of rotatable bonds is 6. The van der Waals surface area contributed by atoms with E-state index in [9.17, 15) is 0 Å². The van der Waals surface area contributed by atoms with Crippen molar-refractivity contribution in [3.05, 3.63) is 34.7 Å². The normalized spacial score (nSPS) is 12.7. The maximum Gasteiger partial charge on any atom is 0.173 e. The van der Waals surface area contributed by atoms with Gasteiger partial charge in [0.05, 0.1) is 6.26 Å². The lowest BCUT2D eigenvalue weighted by atomic mass is 10.0. The minimum Gasteiger partial charge on any atom is -0.457 e. The number of hydrogen-bond donors (Lipinski definition) is 1. The van der Waals surface area contributed by atoms with Crippen molar-refractivity contribution in [3.8, 4) is 0 Å². The summed E-state index contributed by atoms with van der Waals surface area (Å²) in [6, 6.07) is 2.30. The predicted molar refractivity (Wildman–Crippen MR) is 66.9 cm³/mol. The summed E-state index contributed by atoms with van der Waals surface area (Å²) >= 11 is 3.41. The van der Waals surface area contributed by atoms with Crippen molar-refractivity contribution in [2.24, 2.45) is 0 Å². The molecule has 1 atom stereocenters. The first-order valence-corrected chi connectivity index (χ1v) is 6.11. The van der Waals surface area contributed by atoms with E-state index in [-0.39, 0.29) is 0 Å². The van der Waals surface area contributed by atoms with Crippen LogP contribution in [0.1, 0.15) is 38.3 Å². The molecule has 1 unspecified atom stereocenters. The standard InChI is InChI=1S/C12H18BrNO/c1-4-9(3)8-11(14-5-2)10-6-7-15-12(10)13/h6-7,11,14H,3-5,8H2,1-2H3. The third-order valence-corrected chi connectivity index (χ3v) is 3.11. The number of hydrogen-bond acceptors (Lipinski definition) is 2. The second-order valence-corrected chi connectivity index (χ2v) is 4.29. The summed E-state index contributed by atoms with van der Waals surface area (Å²) in [5, 5.41) is 3.44. The quantitative estimate of drug-likeness (QED) is 0.790. The highest BCUT2D eigenvalue weighted by atomic mass is 79.9. The first kappa shape index (κ1) is 12.5. The first-order chi connectivity index (χ1) is 7.19. The zero-order chi connectivity index (χ0) is 11.3. The number of furan rings is 1. The molecule has 1 aromatic heterocycles. The Labute approximate surface area is 99.9 Å². The SMILES string of the molecule is C=C(CC)CC(NCC)c1ccoc1Br. The monoisotopic (exact) mass is 271 g/mol. The molecule has 0 saturated heterocycles. The Balaban J connectivity index is 2.74. The fourth-order valence-corrected chi connectivity index (χ4v) is 2.04. The highest BCUT2D eigenvalue weighted by molar-refractivity contribution is 9.10. The van der Waals surface area contributed by atoms with E-state index in [1.54, 1.807) is 6.26 Å². The van der Waals surface area contributed by atoms with Crippen LogP contribution in [-0.4, -0.2) is 6.54 Å². The van der Waals surface area contributed by atoms with E-state index in [2.05, 4.69) is 41.7 Å². The molecule has 1 heterocycles. The van der Waals surface area contributed by atoms with Crippen molar-refractivity contribution in [2.75, 3.05) is 6.54 Å². The largest absolute Gasteiger partial charge is 0.457 e. The van der Waals surface area contributed by atoms with Gasteiger partial charge >= 0.3 is 0 Å². The fourth-order valence-electron chi connectivity index (χ4n) is 1.53. The van der Waals surface area contributed by atoms with Crippen LogP contribution in [-0.2, 0) is 0 Å². The second kappa shape index (κ2) is 6.13. The van der Waals surface area contributed by atoms with E-state index in [0.717, 1.165) is 24.1 Å². The molecule has 0 fully saturated rings. The molecule has 3 heteroatoms. The average molecular weight is 272 g/mol. The molecule has 0 aliphatic rings. The molecular weight excluding hydrogens is 254 g/mol. The van der Waals surface area contributed by atoms with Gasteiger partial charge in [0.2, 0.25) is 0 Å². The Hall–Kier alpha value is -0.540. The summed E-state index contributed by atoms with van der Waals surface area (Å²) in [5.74, 6) is 0. The van der Waals surface area contributed by atoms with E-state index in [4.69, 9.17) is 4.42 Å². The molecule has 2 nitrogen and oxygen atoms in total. The summed E-state index contributed by atoms with van der Waals surface area (Å²) in [6.07, 6.45) is 3.69. The van der Waals surface area contributed by atoms with Gasteiger partial charge in [-0.3, -0.25) is 0 Å². The molecule has 0 saturated carbocycles. The van der Waals surface area contributed by atoms with Crippen molar-refractivity contribution in [1.82, 2.24) is 5.32 Å². The smallest absolute Gasteiger partial charge is 0.173 e. The van der Waals surface area contributed by atoms with Gasteiger partial charge in [-0.2, -0.15) is 0 Å². The van der Waals surface area contributed by atoms with Gasteiger partial charge < -0.3 is 9.73 Å². The Morgan fingerprint density at radius 1 is 1.60 bits per heavy atom. The molecule has 0 spiro atoms. The molecule has 0 bridgehead atoms. The third-order valence-electron chi connectivity index (χ3n) is 2.46. The molecule has 15 heavy (non-hydrogen) atoms. The maximum atomic E-state index is 5.25. The van der Waals surface area contributed by atoms with Gasteiger partial charge in [-0.05, 0) is 41.4 Å². The summed E-state index contributed by atoms with van der Waals surface area (Å²) in [7, 11) is 0. The van der Waals surface area contributed by atoms with Crippen LogP contribution >= 0.6 is 15.9 Å². The highest BCUT2D eigenvalue weighted by Gasteiger charge is 2.16. The van der Waals surface area contributed by atoms with Gasteiger partial charge in [-0.15, -0.1) is 0 Å². The molecular formula is C12H18BrNO. The van der Waals surface area contributed by atoms with Crippen LogP contribution in [0.5, 0.6) is 0 Å². The predicted octanol–water partition coefficient (Wildman–Crippen LogP) is 4.05. The number of halogens is 1. The van der Waals surface area contributed by atoms with Crippen LogP contribution in [0.3, 0.4) is 0 Å². The fraction of sp³-hybridized carbons (Fsp3) is 0.500. The number of nitrogens with one attached hydrogen (secondary N) is 1. The van der Waals surface area contributed by atoms with E-state index in [0.29, 0.717) is 6.04 Å². The highest BCUT2D eigenvalue weighted by Crippen LogP contribution is 2.29. The molecule has 1 aromatic rings. The van der Waals surface area contributed by atoms with Crippen LogP contribution < -0.4 is 5.32 Å². The van der Waals surface area contributed by atoms with Crippen LogP contribution in [0.4, 0.5) is 0 Å². The molecule has 0 aliphatic heterocycles. The Bertz CT molecular complexity index is 319. The molecule has 1 N–H and O–H groups in total. The van der Waals surface area contributed by atoms with Gasteiger partial charge in [0.15, 0.2) is 4.67 Å². The molecule has 0 aromatic carbocycles. The Morgan fingerprint density at radius 2 is 2.33 bits per heavy atom. The summed E-state index contributed by atoms with van der Waals surface area (Å²) in [5.41, 5.74) is 2.43. The van der Waals surface area contributed by atoms with E-state index < -0.39 is 0 Å². The first-order valence-electron chi connectivity index (χ1n) is 5.31. The second-order valence-electron chi connectivity index (χ2n) is 3.57. The molecule has 0 amide bonds. The van der Waals surface area contributed by atoms with Crippen molar-refractivity contribution in [2.45, 2.75) is 32.7 Å². The lowest BCUT2D eigenvalue weighted by Crippen LogP contribution is -2.21. The summed E-state index contributed by atoms with van der Waals surface area (Å²) in [6.45, 7) is 9.23. The van der Waals surface area contributed by atoms with Crippen LogP contribution in [0.15, 0.2) is 33.6 Å². The lowest BCUT2D eigenvalue weighted by Gasteiger charge is -2.17. The van der Waals surface area contributed by atoms with E-state index in [1.165, 1.54) is 11.1 Å². The van der Waals surface area contributed by atoms with Crippen molar-refractivity contribution in [1.29, 1.82) is 0 Å². The lowest BCUT2D eigenvalue weighted by molar-refractivity contribution is 0.504. The zero-order valence-corrected chi connectivity index (χ0v) is 10.9. The average Bonchev–Trinajstić information content (AvgIpc) is 2.63. The topological polar surface area (TPSA) is 25.2 Å². The van der Waals surface area contributed by atoms with E-state index in [1.807, 2.05) is 6.07 Å². The van der Waals surface area contributed by atoms with Crippen LogP contribution in [0.2, 0.25) is 0 Å². The van der Waals surface area contributed by atoms with Crippen molar-refractivity contribution < 1.29 is 4.42 Å². The minimum atomic E-state index is 0.301. The molecule has 0 radical (unpaired) electrons. The van der Waals surface area contributed by atoms with Gasteiger partial charge in [0.1, 0.15) is 0 Å². The van der Waals surface area contributed by atoms with Crippen molar-refractivity contribution in [3.63, 3.8) is 0 Å². The van der Waals surface area contributed by atoms with Gasteiger partial charge in [0, 0.05) is 11.6 Å². The Morgan fingerprint density at radius 3 is 2.80 bits per heavy atom. The molecule has 1 rings (SSSR count). The van der Waals surface area contributed by atoms with Gasteiger partial charge in [0.25, 0.3) is 0 Å². The summed E-state index contributed by atoms with van der Waals surface area (Å²) in [4.78, 5) is 0. The van der Waals surface area contributed by atoms with Gasteiger partial charge in [-0.25, -0.2) is 0 Å². The molecule has 0 aliphatic carbocycles. The maximum absolute atomic E-state index is 5.25. The van der Waals surface area contributed by atoms with E-state index >= 15 is 0 Å². The van der Waals surface area contributed by atoms with Crippen LogP contribution in [0, 0.1) is 0 Å². The Kier molecular flexibility index (Phi) is 5.12. The van der Waals surface area contributed by atoms with Crippen molar-refractivity contribution >= 4 is 15.9 Å². The molecule has 84 valence electrons. The van der Waals surface area contributed by atoms with Gasteiger partial charge in [-0.1, -0.05) is 26.0 Å². The summed E-state index contributed by atoms with van der Waals surface area (Å²) < 4.78 is 6.07. The van der Waals surface area contributed by atoms with Crippen LogP contribution in [0.25, 0.3) is 0 Å². The minimum absolute atomic E-state index is 0.301. The zero-order valence-electron chi connectivity index (χ0n) is 9.35.